The van der Waals surface area contributed by atoms with E-state index in [1.54, 1.807) is 19.9 Å². The van der Waals surface area contributed by atoms with Crippen LogP contribution in [0.2, 0.25) is 5.02 Å². The second-order valence-electron chi connectivity index (χ2n) is 9.07. The molecule has 10 nitrogen and oxygen atoms in total. The molecule has 2 N–H and O–H groups in total. The molecular formula is C28H30ClN3O7. The summed E-state index contributed by atoms with van der Waals surface area (Å²) in [6.07, 6.45) is -0.507. The fourth-order valence-electron chi connectivity index (χ4n) is 3.79. The number of anilines is 2. The molecule has 0 fully saturated rings. The fourth-order valence-corrected chi connectivity index (χ4v) is 3.98. The van der Waals surface area contributed by atoms with E-state index in [2.05, 4.69) is 5.32 Å². The van der Waals surface area contributed by atoms with Gasteiger partial charge in [-0.3, -0.25) is 19.7 Å². The Bertz CT molecular complexity index is 1440. The predicted octanol–water partition coefficient (Wildman–Crippen LogP) is 6.45. The predicted molar refractivity (Wildman–Crippen MR) is 149 cm³/mol. The van der Waals surface area contributed by atoms with Crippen LogP contribution < -0.4 is 19.7 Å². The molecule has 0 saturated heterocycles. The van der Waals surface area contributed by atoms with Crippen LogP contribution in [0.3, 0.4) is 0 Å². The van der Waals surface area contributed by atoms with Crippen molar-refractivity contribution >= 4 is 40.5 Å². The van der Waals surface area contributed by atoms with Crippen LogP contribution in [-0.4, -0.2) is 35.0 Å². The Morgan fingerprint density at radius 3 is 2.36 bits per heavy atom. The summed E-state index contributed by atoms with van der Waals surface area (Å²) in [6.45, 7) is 8.55. The lowest BCUT2D eigenvalue weighted by atomic mass is 10.1. The van der Waals surface area contributed by atoms with Gasteiger partial charge in [0.05, 0.1) is 21.3 Å². The molecule has 0 saturated carbocycles. The molecule has 0 heterocycles. The zero-order chi connectivity index (χ0) is 29.0. The molecule has 0 aliphatic heterocycles. The number of phenols is 1. The van der Waals surface area contributed by atoms with Gasteiger partial charge in [0.1, 0.15) is 11.5 Å². The maximum atomic E-state index is 13.1. The zero-order valence-corrected chi connectivity index (χ0v) is 23.3. The lowest BCUT2D eigenvalue weighted by molar-refractivity contribution is -0.384. The molecular weight excluding hydrogens is 526 g/mol. The van der Waals surface area contributed by atoms with Gasteiger partial charge in [-0.1, -0.05) is 36.2 Å². The minimum Gasteiger partial charge on any atom is -0.504 e. The number of nitrogens with zero attached hydrogens (tertiary/aromatic N) is 2. The van der Waals surface area contributed by atoms with Gasteiger partial charge in [-0.05, 0) is 44.9 Å². The molecule has 3 rings (SSSR count). The van der Waals surface area contributed by atoms with Crippen LogP contribution in [0.15, 0.2) is 42.5 Å². The smallest absolute Gasteiger partial charge is 0.271 e. The number of amides is 2. The second kappa shape index (κ2) is 12.0. The number of rotatable bonds is 9. The van der Waals surface area contributed by atoms with E-state index in [1.165, 1.54) is 43.1 Å². The largest absolute Gasteiger partial charge is 0.504 e. The Labute approximate surface area is 231 Å². The van der Waals surface area contributed by atoms with Crippen molar-refractivity contribution in [2.45, 2.75) is 47.1 Å². The summed E-state index contributed by atoms with van der Waals surface area (Å²) in [5.74, 6) is -0.387. The third-order valence-corrected chi connectivity index (χ3v) is 6.63. The highest BCUT2D eigenvalue weighted by Crippen LogP contribution is 2.44. The number of hydrogen-bond donors (Lipinski definition) is 2. The van der Waals surface area contributed by atoms with Crippen LogP contribution in [-0.2, 0) is 9.59 Å². The number of nitro benzene ring substituents is 1. The molecule has 0 aromatic heterocycles. The van der Waals surface area contributed by atoms with Gasteiger partial charge in [0.2, 0.25) is 5.91 Å². The Kier molecular flexibility index (Phi) is 9.03. The molecule has 0 bridgehead atoms. The number of carbonyl (C=O) groups excluding carboxylic acids is 2. The van der Waals surface area contributed by atoms with Crippen molar-refractivity contribution in [2.75, 3.05) is 17.3 Å². The van der Waals surface area contributed by atoms with Crippen molar-refractivity contribution in [3.8, 4) is 23.0 Å². The fraction of sp³-hybridized carbons (Fsp3) is 0.286. The van der Waals surface area contributed by atoms with E-state index in [9.17, 15) is 24.8 Å². The van der Waals surface area contributed by atoms with E-state index in [-0.39, 0.29) is 45.2 Å². The third kappa shape index (κ3) is 6.58. The molecule has 2 amide bonds. The van der Waals surface area contributed by atoms with E-state index in [0.717, 1.165) is 11.1 Å². The number of nitrogens with one attached hydrogen (secondary N) is 1. The van der Waals surface area contributed by atoms with Crippen LogP contribution in [0.4, 0.5) is 17.1 Å². The van der Waals surface area contributed by atoms with Gasteiger partial charge < -0.3 is 24.8 Å². The minimum absolute atomic E-state index is 0.0170. The van der Waals surface area contributed by atoms with Gasteiger partial charge in [-0.15, -0.1) is 0 Å². The molecule has 0 radical (unpaired) electrons. The van der Waals surface area contributed by atoms with Crippen LogP contribution in [0.1, 0.15) is 37.0 Å². The van der Waals surface area contributed by atoms with Gasteiger partial charge >= 0.3 is 0 Å². The van der Waals surface area contributed by atoms with Crippen molar-refractivity contribution in [1.82, 2.24) is 0 Å². The lowest BCUT2D eigenvalue weighted by Crippen LogP contribution is -2.32. The third-order valence-electron chi connectivity index (χ3n) is 6.16. The molecule has 39 heavy (non-hydrogen) atoms. The molecule has 3 aromatic carbocycles. The number of phenolic OH excluding ortho intramolecular Hbond substituents is 1. The summed E-state index contributed by atoms with van der Waals surface area (Å²) in [5, 5.41) is 24.6. The van der Waals surface area contributed by atoms with Crippen molar-refractivity contribution < 1.29 is 29.1 Å². The highest BCUT2D eigenvalue weighted by molar-refractivity contribution is 6.33. The minimum atomic E-state index is -0.860. The molecule has 0 aliphatic rings. The number of hydrogen-bond acceptors (Lipinski definition) is 7. The number of ether oxygens (including phenoxy) is 2. The van der Waals surface area contributed by atoms with Crippen LogP contribution >= 0.6 is 11.6 Å². The topological polar surface area (TPSA) is 131 Å². The summed E-state index contributed by atoms with van der Waals surface area (Å²) in [4.78, 5) is 37.1. The second-order valence-corrected chi connectivity index (χ2v) is 9.45. The number of halogens is 1. The van der Waals surface area contributed by atoms with E-state index in [0.29, 0.717) is 17.7 Å². The van der Waals surface area contributed by atoms with Crippen molar-refractivity contribution in [2.24, 2.45) is 0 Å². The number of benzene rings is 3. The molecule has 0 aliphatic carbocycles. The highest BCUT2D eigenvalue weighted by atomic mass is 35.5. The van der Waals surface area contributed by atoms with Gasteiger partial charge in [0.15, 0.2) is 17.6 Å². The zero-order valence-electron chi connectivity index (χ0n) is 22.5. The van der Waals surface area contributed by atoms with Crippen molar-refractivity contribution in [3.63, 3.8) is 0 Å². The lowest BCUT2D eigenvalue weighted by Gasteiger charge is -2.22. The first-order chi connectivity index (χ1) is 18.3. The monoisotopic (exact) mass is 555 g/mol. The first-order valence-electron chi connectivity index (χ1n) is 12.1. The SMILES string of the molecule is CCC(Oc1ccc(C)cc1C)C(=O)Nc1cc(Oc2ccc([N+](=O)[O-])cc2N(C)C(C)=O)c(C)c(Cl)c1O. The van der Waals surface area contributed by atoms with E-state index < -0.39 is 16.9 Å². The maximum absolute atomic E-state index is 13.1. The molecule has 11 heteroatoms. The number of nitro groups is 1. The Balaban J connectivity index is 1.95. The first kappa shape index (κ1) is 29.2. The molecule has 3 aromatic rings. The highest BCUT2D eigenvalue weighted by Gasteiger charge is 2.24. The van der Waals surface area contributed by atoms with Gasteiger partial charge in [0, 0.05) is 37.7 Å². The standard InChI is InChI=1S/C28H30ClN3O7/c1-7-22(38-23-10-8-15(2)12-16(23)3)28(35)30-20-14-25(17(4)26(29)27(20)34)39-24-11-9-19(32(36)37)13-21(24)31(6)18(5)33/h8-14,22,34H,7H2,1-6H3,(H,30,35). The number of carbonyl (C=O) groups is 2. The van der Waals surface area contributed by atoms with Gasteiger partial charge in [-0.25, -0.2) is 0 Å². The van der Waals surface area contributed by atoms with Crippen LogP contribution in [0.25, 0.3) is 0 Å². The maximum Gasteiger partial charge on any atom is 0.271 e. The molecule has 0 spiro atoms. The van der Waals surface area contributed by atoms with Gasteiger partial charge in [-0.2, -0.15) is 0 Å². The summed E-state index contributed by atoms with van der Waals surface area (Å²) in [7, 11) is 1.46. The van der Waals surface area contributed by atoms with Crippen LogP contribution in [0, 0.1) is 30.9 Å². The summed E-state index contributed by atoms with van der Waals surface area (Å²) in [6, 6.07) is 10.8. The Hall–Kier alpha value is -4.31. The normalized spacial score (nSPS) is 11.5. The average Bonchev–Trinajstić information content (AvgIpc) is 2.89. The summed E-state index contributed by atoms with van der Waals surface area (Å²) >= 11 is 6.37. The number of aryl methyl sites for hydroxylation is 2. The Morgan fingerprint density at radius 2 is 1.77 bits per heavy atom. The first-order valence-corrected chi connectivity index (χ1v) is 12.5. The molecule has 206 valence electrons. The van der Waals surface area contributed by atoms with E-state index in [4.69, 9.17) is 21.1 Å². The molecule has 1 unspecified atom stereocenters. The van der Waals surface area contributed by atoms with Crippen molar-refractivity contribution in [3.05, 3.63) is 74.3 Å². The van der Waals surface area contributed by atoms with Crippen LogP contribution in [0.5, 0.6) is 23.0 Å². The van der Waals surface area contributed by atoms with E-state index >= 15 is 0 Å². The van der Waals surface area contributed by atoms with E-state index in [1.807, 2.05) is 26.0 Å². The Morgan fingerprint density at radius 1 is 1.10 bits per heavy atom. The molecule has 1 atom stereocenters. The number of non-ortho nitro benzene ring substituents is 1. The summed E-state index contributed by atoms with van der Waals surface area (Å²) in [5.41, 5.74) is 2.20. The van der Waals surface area contributed by atoms with Gasteiger partial charge in [0.25, 0.3) is 11.6 Å². The average molecular weight is 556 g/mol. The summed E-state index contributed by atoms with van der Waals surface area (Å²) < 4.78 is 12.0. The van der Waals surface area contributed by atoms with Crippen molar-refractivity contribution in [1.29, 1.82) is 0 Å². The quantitative estimate of drug-likeness (QED) is 0.176. The number of aromatic hydroxyl groups is 1.